The molecule has 2 aromatic carbocycles. The van der Waals surface area contributed by atoms with Gasteiger partial charge in [-0.25, -0.2) is 0 Å². The van der Waals surface area contributed by atoms with Gasteiger partial charge in [0, 0.05) is 27.3 Å². The van der Waals surface area contributed by atoms with Crippen molar-refractivity contribution in [1.29, 1.82) is 0 Å². The van der Waals surface area contributed by atoms with Gasteiger partial charge >= 0.3 is 0 Å². The summed E-state index contributed by atoms with van der Waals surface area (Å²) in [5, 5.41) is 4.37. The predicted octanol–water partition coefficient (Wildman–Crippen LogP) is 4.16. The van der Waals surface area contributed by atoms with E-state index >= 15 is 0 Å². The van der Waals surface area contributed by atoms with Crippen molar-refractivity contribution < 1.29 is 4.74 Å². The smallest absolute Gasteiger partial charge is 0.125 e. The Morgan fingerprint density at radius 1 is 1.24 bits per heavy atom. The molecule has 1 unspecified atom stereocenters. The molecule has 2 aromatic rings. The molecule has 1 aliphatic heterocycles. The van der Waals surface area contributed by atoms with E-state index in [-0.39, 0.29) is 0 Å². The molecule has 1 atom stereocenters. The third kappa shape index (κ3) is 3.37. The molecule has 2 nitrogen and oxygen atoms in total. The van der Waals surface area contributed by atoms with Gasteiger partial charge in [-0.2, -0.15) is 0 Å². The monoisotopic (exact) mass is 319 g/mol. The largest absolute Gasteiger partial charge is 0.492 e. The lowest BCUT2D eigenvalue weighted by molar-refractivity contribution is 0.314. The second kappa shape index (κ2) is 6.73. The topological polar surface area (TPSA) is 21.3 Å². The summed E-state index contributed by atoms with van der Waals surface area (Å²) in [4.78, 5) is 1.38. The van der Waals surface area contributed by atoms with Gasteiger partial charge in [0.15, 0.2) is 0 Å². The first-order valence-corrected chi connectivity index (χ1v) is 8.33. The number of benzene rings is 2. The number of thioether (sulfide) groups is 1. The molecule has 21 heavy (non-hydrogen) atoms. The Bertz CT molecular complexity index is 607. The summed E-state index contributed by atoms with van der Waals surface area (Å²) in [5.41, 5.74) is 2.46. The number of fused-ring (bicyclic) bond motifs is 1. The van der Waals surface area contributed by atoms with E-state index in [0.717, 1.165) is 22.8 Å². The second-order valence-corrected chi connectivity index (χ2v) is 6.86. The first kappa shape index (κ1) is 14.8. The van der Waals surface area contributed by atoms with E-state index in [2.05, 4.69) is 29.6 Å². The number of ether oxygens (including phenoxy) is 1. The van der Waals surface area contributed by atoms with Gasteiger partial charge in [0.25, 0.3) is 0 Å². The Balaban J connectivity index is 1.66. The highest BCUT2D eigenvalue weighted by Gasteiger charge is 2.22. The van der Waals surface area contributed by atoms with Gasteiger partial charge in [-0.1, -0.05) is 35.9 Å². The zero-order valence-electron chi connectivity index (χ0n) is 11.9. The van der Waals surface area contributed by atoms with E-state index in [0.29, 0.717) is 18.4 Å². The Labute approximate surface area is 134 Å². The van der Waals surface area contributed by atoms with E-state index in [9.17, 15) is 0 Å². The molecule has 110 valence electrons. The van der Waals surface area contributed by atoms with Crippen molar-refractivity contribution in [3.8, 4) is 5.75 Å². The molecule has 0 amide bonds. The average molecular weight is 320 g/mol. The number of hydrogen-bond donors (Lipinski definition) is 1. The Hall–Kier alpha value is -1.16. The zero-order chi connectivity index (χ0) is 14.7. The van der Waals surface area contributed by atoms with Gasteiger partial charge in [0.05, 0.1) is 0 Å². The highest BCUT2D eigenvalue weighted by molar-refractivity contribution is 8.00. The van der Waals surface area contributed by atoms with Crippen LogP contribution in [0.15, 0.2) is 47.4 Å². The maximum absolute atomic E-state index is 6.25. The highest BCUT2D eigenvalue weighted by atomic mass is 35.5. The van der Waals surface area contributed by atoms with Gasteiger partial charge in [-0.3, -0.25) is 0 Å². The average Bonchev–Trinajstić information content (AvgIpc) is 2.91. The minimum atomic E-state index is 0.476. The summed E-state index contributed by atoms with van der Waals surface area (Å²) in [6.07, 6.45) is 1.07. The third-order valence-electron chi connectivity index (χ3n) is 3.57. The summed E-state index contributed by atoms with van der Waals surface area (Å²) >= 11 is 8.16. The molecule has 3 rings (SSSR count). The van der Waals surface area contributed by atoms with E-state index in [1.807, 2.05) is 37.0 Å². The van der Waals surface area contributed by atoms with Crippen LogP contribution in [0, 0.1) is 0 Å². The van der Waals surface area contributed by atoms with Crippen LogP contribution in [-0.4, -0.2) is 18.9 Å². The Morgan fingerprint density at radius 3 is 2.90 bits per heavy atom. The molecule has 0 saturated heterocycles. The van der Waals surface area contributed by atoms with Crippen molar-refractivity contribution in [1.82, 2.24) is 5.32 Å². The van der Waals surface area contributed by atoms with Crippen molar-refractivity contribution in [2.75, 3.05) is 13.7 Å². The van der Waals surface area contributed by atoms with Crippen LogP contribution in [-0.2, 0) is 13.0 Å². The van der Waals surface area contributed by atoms with Crippen LogP contribution in [0.3, 0.4) is 0 Å². The van der Waals surface area contributed by atoms with E-state index in [1.165, 1.54) is 10.5 Å². The third-order valence-corrected chi connectivity index (χ3v) is 5.21. The fraction of sp³-hybridized carbons (Fsp3) is 0.294. The van der Waals surface area contributed by atoms with Crippen molar-refractivity contribution in [3.63, 3.8) is 0 Å². The fourth-order valence-electron chi connectivity index (χ4n) is 2.55. The first-order chi connectivity index (χ1) is 10.3. The van der Waals surface area contributed by atoms with Crippen molar-refractivity contribution in [2.24, 2.45) is 0 Å². The van der Waals surface area contributed by atoms with Crippen LogP contribution in [0.2, 0.25) is 5.02 Å². The predicted molar refractivity (Wildman–Crippen MR) is 89.5 cm³/mol. The van der Waals surface area contributed by atoms with E-state index in [4.69, 9.17) is 16.3 Å². The number of rotatable bonds is 5. The molecule has 0 aliphatic carbocycles. The van der Waals surface area contributed by atoms with Crippen LogP contribution in [0.4, 0.5) is 0 Å². The molecule has 0 aromatic heterocycles. The quantitative estimate of drug-likeness (QED) is 0.894. The molecule has 0 radical (unpaired) electrons. The lowest BCUT2D eigenvalue weighted by atomic mass is 10.1. The molecule has 4 heteroatoms. The van der Waals surface area contributed by atoms with Crippen LogP contribution >= 0.6 is 23.4 Å². The molecule has 0 fully saturated rings. The molecule has 0 saturated carbocycles. The number of halogens is 1. The maximum atomic E-state index is 6.25. The van der Waals surface area contributed by atoms with E-state index in [1.54, 1.807) is 0 Å². The summed E-state index contributed by atoms with van der Waals surface area (Å²) in [6.45, 7) is 1.42. The molecular formula is C17H18ClNOS. The maximum Gasteiger partial charge on any atom is 0.125 e. The van der Waals surface area contributed by atoms with Gasteiger partial charge in [0.2, 0.25) is 0 Å². The number of hydrogen-bond acceptors (Lipinski definition) is 3. The summed E-state index contributed by atoms with van der Waals surface area (Å²) in [5.74, 6) is 0.883. The van der Waals surface area contributed by atoms with Crippen LogP contribution in [0.25, 0.3) is 0 Å². The molecular weight excluding hydrogens is 302 g/mol. The molecule has 1 N–H and O–H groups in total. The molecule has 1 heterocycles. The summed E-state index contributed by atoms with van der Waals surface area (Å²) in [6, 6.07) is 14.4. The van der Waals surface area contributed by atoms with Crippen LogP contribution < -0.4 is 10.1 Å². The minimum Gasteiger partial charge on any atom is -0.492 e. The van der Waals surface area contributed by atoms with Crippen LogP contribution in [0.5, 0.6) is 5.75 Å². The first-order valence-electron chi connectivity index (χ1n) is 7.07. The standard InChI is InChI=1S/C17H18ClNOS/c1-19-10-14-15(18)6-4-7-16(14)20-11-13-9-12-5-2-3-8-17(12)21-13/h2-8,13,19H,9-11H2,1H3. The molecule has 0 spiro atoms. The highest BCUT2D eigenvalue weighted by Crippen LogP contribution is 2.37. The van der Waals surface area contributed by atoms with Crippen molar-refractivity contribution in [3.05, 3.63) is 58.6 Å². The Morgan fingerprint density at radius 2 is 2.10 bits per heavy atom. The van der Waals surface area contributed by atoms with Crippen molar-refractivity contribution in [2.45, 2.75) is 23.1 Å². The molecule has 1 aliphatic rings. The van der Waals surface area contributed by atoms with Gasteiger partial charge in [-0.05, 0) is 37.2 Å². The molecule has 0 bridgehead atoms. The fourth-order valence-corrected chi connectivity index (χ4v) is 4.00. The SMILES string of the molecule is CNCc1c(Cl)cccc1OCC1Cc2ccccc2S1. The summed E-state index contributed by atoms with van der Waals surface area (Å²) < 4.78 is 6.04. The number of nitrogens with one attached hydrogen (secondary N) is 1. The van der Waals surface area contributed by atoms with E-state index < -0.39 is 0 Å². The minimum absolute atomic E-state index is 0.476. The lowest BCUT2D eigenvalue weighted by Gasteiger charge is -2.15. The Kier molecular flexibility index (Phi) is 4.73. The lowest BCUT2D eigenvalue weighted by Crippen LogP contribution is -2.15. The summed E-state index contributed by atoms with van der Waals surface area (Å²) in [7, 11) is 1.91. The van der Waals surface area contributed by atoms with Crippen LogP contribution in [0.1, 0.15) is 11.1 Å². The van der Waals surface area contributed by atoms with Crippen molar-refractivity contribution >= 4 is 23.4 Å². The van der Waals surface area contributed by atoms with Gasteiger partial charge in [-0.15, -0.1) is 11.8 Å². The second-order valence-electron chi connectivity index (χ2n) is 5.11. The van der Waals surface area contributed by atoms with Gasteiger partial charge < -0.3 is 10.1 Å². The zero-order valence-corrected chi connectivity index (χ0v) is 13.5. The van der Waals surface area contributed by atoms with Gasteiger partial charge in [0.1, 0.15) is 12.4 Å². The normalized spacial score (nSPS) is 16.8.